The number of nitrogens with zero attached hydrogens (tertiary/aromatic N) is 1. The molecule has 0 radical (unpaired) electrons. The molecular formula is C19H20ClN3O2S. The van der Waals surface area contributed by atoms with Crippen molar-refractivity contribution in [1.82, 2.24) is 4.57 Å². The number of carbonyl (C=O) groups is 2. The Morgan fingerprint density at radius 2 is 1.92 bits per heavy atom. The van der Waals surface area contributed by atoms with Crippen LogP contribution in [-0.4, -0.2) is 16.4 Å². The minimum Gasteiger partial charge on any atom is -0.365 e. The minimum absolute atomic E-state index is 0.263. The van der Waals surface area contributed by atoms with Gasteiger partial charge in [-0.15, -0.1) is 11.3 Å². The Balaban J connectivity index is 2.11. The number of aromatic nitrogens is 1. The molecule has 0 aliphatic carbocycles. The zero-order valence-corrected chi connectivity index (χ0v) is 16.6. The van der Waals surface area contributed by atoms with Gasteiger partial charge in [-0.2, -0.15) is 0 Å². The van der Waals surface area contributed by atoms with Crippen LogP contribution in [0.3, 0.4) is 0 Å². The van der Waals surface area contributed by atoms with Crippen LogP contribution in [0.15, 0.2) is 18.2 Å². The van der Waals surface area contributed by atoms with Crippen LogP contribution in [0, 0.1) is 20.8 Å². The number of halogens is 1. The topological polar surface area (TPSA) is 77.1 Å². The smallest absolute Gasteiger partial charge is 0.273 e. The number of anilines is 1. The number of rotatable bonds is 4. The molecule has 7 heteroatoms. The van der Waals surface area contributed by atoms with Gasteiger partial charge in [0, 0.05) is 27.3 Å². The molecular weight excluding hydrogens is 370 g/mol. The molecule has 2 heterocycles. The first-order valence-electron chi connectivity index (χ1n) is 8.25. The Kier molecular flexibility index (Phi) is 4.82. The van der Waals surface area contributed by atoms with Crippen LogP contribution in [0.1, 0.15) is 43.8 Å². The van der Waals surface area contributed by atoms with Crippen molar-refractivity contribution in [3.8, 4) is 0 Å². The molecule has 0 saturated carbocycles. The monoisotopic (exact) mass is 389 g/mol. The number of primary amides is 1. The lowest BCUT2D eigenvalue weighted by Crippen LogP contribution is -2.20. The van der Waals surface area contributed by atoms with E-state index in [1.165, 1.54) is 11.3 Å². The second kappa shape index (κ2) is 6.78. The van der Waals surface area contributed by atoms with Gasteiger partial charge in [-0.3, -0.25) is 9.59 Å². The zero-order chi connectivity index (χ0) is 19.2. The molecule has 3 N–H and O–H groups in total. The number of nitrogens with two attached hydrogens (primary N) is 1. The molecule has 5 nitrogen and oxygen atoms in total. The molecule has 0 saturated heterocycles. The Morgan fingerprint density at radius 3 is 2.54 bits per heavy atom. The van der Waals surface area contributed by atoms with E-state index in [9.17, 15) is 9.59 Å². The van der Waals surface area contributed by atoms with Gasteiger partial charge in [0.25, 0.3) is 11.8 Å². The largest absolute Gasteiger partial charge is 0.365 e. The molecule has 3 aromatic rings. The van der Waals surface area contributed by atoms with Crippen LogP contribution in [0.25, 0.3) is 10.9 Å². The standard InChI is InChI=1S/C19H20ClN3O2S/c1-5-23-14-7-6-12(20)8-13(14)10(3)16(23)18(25)22-19-15(17(21)24)9(2)11(4)26-19/h6-8H,5H2,1-4H3,(H2,21,24)(H,22,25). The molecule has 0 bridgehead atoms. The average molecular weight is 390 g/mol. The molecule has 0 aliphatic rings. The molecule has 0 fully saturated rings. The molecule has 2 aromatic heterocycles. The number of nitrogens with one attached hydrogen (secondary N) is 1. The highest BCUT2D eigenvalue weighted by molar-refractivity contribution is 7.16. The van der Waals surface area contributed by atoms with Crippen LogP contribution < -0.4 is 11.1 Å². The number of fused-ring (bicyclic) bond motifs is 1. The SMILES string of the molecule is CCn1c(C(=O)Nc2sc(C)c(C)c2C(N)=O)c(C)c2cc(Cl)ccc21. The van der Waals surface area contributed by atoms with E-state index >= 15 is 0 Å². The number of thiophene rings is 1. The van der Waals surface area contributed by atoms with Crippen molar-refractivity contribution >= 4 is 50.7 Å². The normalized spacial score (nSPS) is 11.1. The third kappa shape index (κ3) is 2.89. The lowest BCUT2D eigenvalue weighted by atomic mass is 10.1. The van der Waals surface area contributed by atoms with E-state index < -0.39 is 5.91 Å². The number of benzene rings is 1. The van der Waals surface area contributed by atoms with Gasteiger partial charge in [0.1, 0.15) is 10.7 Å². The van der Waals surface area contributed by atoms with Crippen molar-refractivity contribution < 1.29 is 9.59 Å². The Bertz CT molecular complexity index is 1050. The number of carbonyl (C=O) groups excluding carboxylic acids is 2. The molecule has 3 rings (SSSR count). The van der Waals surface area contributed by atoms with Crippen molar-refractivity contribution in [3.63, 3.8) is 0 Å². The summed E-state index contributed by atoms with van der Waals surface area (Å²) in [6.07, 6.45) is 0. The first kappa shape index (κ1) is 18.5. The summed E-state index contributed by atoms with van der Waals surface area (Å²) in [6, 6.07) is 5.59. The van der Waals surface area contributed by atoms with Gasteiger partial charge in [-0.05, 0) is 57.0 Å². The third-order valence-electron chi connectivity index (χ3n) is 4.67. The maximum Gasteiger partial charge on any atom is 0.273 e. The number of hydrogen-bond acceptors (Lipinski definition) is 3. The van der Waals surface area contributed by atoms with Crippen LogP contribution >= 0.6 is 22.9 Å². The van der Waals surface area contributed by atoms with E-state index in [1.54, 1.807) is 0 Å². The predicted octanol–water partition coefficient (Wildman–Crippen LogP) is 4.65. The zero-order valence-electron chi connectivity index (χ0n) is 15.1. The van der Waals surface area contributed by atoms with Crippen molar-refractivity contribution in [2.75, 3.05) is 5.32 Å². The van der Waals surface area contributed by atoms with E-state index in [4.69, 9.17) is 17.3 Å². The fraction of sp³-hybridized carbons (Fsp3) is 0.263. The third-order valence-corrected chi connectivity index (χ3v) is 6.03. The van der Waals surface area contributed by atoms with E-state index in [0.29, 0.717) is 27.8 Å². The van der Waals surface area contributed by atoms with Crippen LogP contribution in [0.2, 0.25) is 5.02 Å². The summed E-state index contributed by atoms with van der Waals surface area (Å²) < 4.78 is 1.95. The van der Waals surface area contributed by atoms with Crippen LogP contribution in [-0.2, 0) is 6.54 Å². The Labute approximate surface area is 160 Å². The lowest BCUT2D eigenvalue weighted by molar-refractivity contribution is 0.100. The van der Waals surface area contributed by atoms with Gasteiger partial charge in [0.05, 0.1) is 5.56 Å². The predicted molar refractivity (Wildman–Crippen MR) is 108 cm³/mol. The summed E-state index contributed by atoms with van der Waals surface area (Å²) in [4.78, 5) is 25.8. The Morgan fingerprint density at radius 1 is 1.23 bits per heavy atom. The molecule has 0 unspecified atom stereocenters. The number of amides is 2. The van der Waals surface area contributed by atoms with E-state index in [0.717, 1.165) is 26.9 Å². The summed E-state index contributed by atoms with van der Waals surface area (Å²) in [5.74, 6) is -0.804. The maximum absolute atomic E-state index is 13.1. The number of aryl methyl sites for hydroxylation is 3. The first-order chi connectivity index (χ1) is 12.3. The first-order valence-corrected chi connectivity index (χ1v) is 9.45. The van der Waals surface area contributed by atoms with Crippen LogP contribution in [0.4, 0.5) is 5.00 Å². The van der Waals surface area contributed by atoms with Crippen molar-refractivity contribution in [1.29, 1.82) is 0 Å². The molecule has 136 valence electrons. The van der Waals surface area contributed by atoms with Gasteiger partial charge in [0.2, 0.25) is 0 Å². The van der Waals surface area contributed by atoms with E-state index in [-0.39, 0.29) is 5.91 Å². The molecule has 26 heavy (non-hydrogen) atoms. The molecule has 1 aromatic carbocycles. The summed E-state index contributed by atoms with van der Waals surface area (Å²) in [6.45, 7) is 8.26. The fourth-order valence-corrected chi connectivity index (χ4v) is 4.52. The molecule has 0 aliphatic heterocycles. The quantitative estimate of drug-likeness (QED) is 0.681. The highest BCUT2D eigenvalue weighted by Crippen LogP contribution is 2.34. The summed E-state index contributed by atoms with van der Waals surface area (Å²) in [7, 11) is 0. The molecule has 2 amide bonds. The van der Waals surface area contributed by atoms with Crippen molar-refractivity contribution in [2.24, 2.45) is 5.73 Å². The Hall–Kier alpha value is -2.31. The van der Waals surface area contributed by atoms with Gasteiger partial charge < -0.3 is 15.6 Å². The van der Waals surface area contributed by atoms with Gasteiger partial charge in [-0.25, -0.2) is 0 Å². The summed E-state index contributed by atoms with van der Waals surface area (Å²) in [5.41, 5.74) is 9.05. The molecule has 0 spiro atoms. The van der Waals surface area contributed by atoms with Crippen molar-refractivity contribution in [3.05, 3.63) is 50.5 Å². The van der Waals surface area contributed by atoms with Gasteiger partial charge in [-0.1, -0.05) is 11.6 Å². The minimum atomic E-state index is -0.540. The molecule has 0 atom stereocenters. The highest BCUT2D eigenvalue weighted by atomic mass is 35.5. The van der Waals surface area contributed by atoms with Crippen molar-refractivity contribution in [2.45, 2.75) is 34.2 Å². The summed E-state index contributed by atoms with van der Waals surface area (Å²) >= 11 is 7.48. The maximum atomic E-state index is 13.1. The second-order valence-corrected chi connectivity index (χ2v) is 7.85. The lowest BCUT2D eigenvalue weighted by Gasteiger charge is -2.10. The highest BCUT2D eigenvalue weighted by Gasteiger charge is 2.23. The summed E-state index contributed by atoms with van der Waals surface area (Å²) in [5, 5.41) is 4.94. The van der Waals surface area contributed by atoms with Crippen LogP contribution in [0.5, 0.6) is 0 Å². The van der Waals surface area contributed by atoms with Gasteiger partial charge >= 0.3 is 0 Å². The number of hydrogen-bond donors (Lipinski definition) is 2. The van der Waals surface area contributed by atoms with Gasteiger partial charge in [0.15, 0.2) is 0 Å². The van der Waals surface area contributed by atoms with E-state index in [1.807, 2.05) is 50.5 Å². The fourth-order valence-electron chi connectivity index (χ4n) is 3.29. The average Bonchev–Trinajstić information content (AvgIpc) is 3.01. The van der Waals surface area contributed by atoms with E-state index in [2.05, 4.69) is 5.32 Å². The second-order valence-electron chi connectivity index (χ2n) is 6.19.